The van der Waals surface area contributed by atoms with Crippen molar-refractivity contribution in [3.63, 3.8) is 0 Å². The first kappa shape index (κ1) is 18.9. The van der Waals surface area contributed by atoms with Crippen molar-refractivity contribution >= 4 is 11.8 Å². The number of halogens is 1. The molecule has 2 amide bonds. The molecule has 0 saturated carbocycles. The summed E-state index contributed by atoms with van der Waals surface area (Å²) in [7, 11) is 1.42. The summed E-state index contributed by atoms with van der Waals surface area (Å²) in [6, 6.07) is 11.5. The first-order valence-electron chi connectivity index (χ1n) is 9.04. The third kappa shape index (κ3) is 4.27. The van der Waals surface area contributed by atoms with Gasteiger partial charge in [0.2, 0.25) is 5.91 Å². The highest BCUT2D eigenvalue weighted by molar-refractivity contribution is 5.96. The third-order valence-electron chi connectivity index (χ3n) is 4.65. The molecule has 0 aromatic heterocycles. The number of methoxy groups -OCH3 is 1. The number of rotatable bonds is 6. The minimum atomic E-state index is -0.453. The Balaban J connectivity index is 1.73. The molecule has 1 atom stereocenters. The van der Waals surface area contributed by atoms with Crippen LogP contribution in [0.1, 0.15) is 30.1 Å². The molecule has 142 valence electrons. The highest BCUT2D eigenvalue weighted by Crippen LogP contribution is 2.26. The van der Waals surface area contributed by atoms with Crippen molar-refractivity contribution in [2.75, 3.05) is 20.2 Å². The normalized spacial score (nSPS) is 16.5. The molecule has 1 aliphatic rings. The number of nitrogens with one attached hydrogen (secondary N) is 1. The predicted molar refractivity (Wildman–Crippen MR) is 101 cm³/mol. The lowest BCUT2D eigenvalue weighted by molar-refractivity contribution is -0.127. The smallest absolute Gasteiger partial charge is 0.251 e. The number of likely N-dealkylation sites (tertiary alicyclic amines) is 1. The first-order valence-corrected chi connectivity index (χ1v) is 9.04. The Kier molecular flexibility index (Phi) is 5.74. The fourth-order valence-corrected chi connectivity index (χ4v) is 3.31. The zero-order valence-corrected chi connectivity index (χ0v) is 15.5. The number of hydrogen-bond donors (Lipinski definition) is 1. The van der Waals surface area contributed by atoms with Crippen LogP contribution < -0.4 is 10.1 Å². The van der Waals surface area contributed by atoms with E-state index in [0.29, 0.717) is 30.6 Å². The molecule has 1 saturated heterocycles. The molecule has 0 bridgehead atoms. The van der Waals surface area contributed by atoms with Crippen LogP contribution in [-0.4, -0.2) is 43.0 Å². The molecule has 0 spiro atoms. The SMILES string of the molecule is CCCN1C[C@H](NC(=O)c2cccc(-c3ccc(OC)c(F)c3)c2)CC1=O. The van der Waals surface area contributed by atoms with Crippen molar-refractivity contribution in [1.29, 1.82) is 0 Å². The quantitative estimate of drug-likeness (QED) is 0.849. The Labute approximate surface area is 158 Å². The zero-order valence-electron chi connectivity index (χ0n) is 15.5. The van der Waals surface area contributed by atoms with Gasteiger partial charge in [0, 0.05) is 25.1 Å². The second-order valence-electron chi connectivity index (χ2n) is 6.64. The van der Waals surface area contributed by atoms with Crippen molar-refractivity contribution in [2.45, 2.75) is 25.8 Å². The second-order valence-corrected chi connectivity index (χ2v) is 6.64. The molecular formula is C21H23FN2O3. The van der Waals surface area contributed by atoms with Crippen LogP contribution in [0.25, 0.3) is 11.1 Å². The molecule has 0 aliphatic carbocycles. The number of carbonyl (C=O) groups is 2. The number of carbonyl (C=O) groups excluding carboxylic acids is 2. The lowest BCUT2D eigenvalue weighted by atomic mass is 10.0. The van der Waals surface area contributed by atoms with E-state index in [1.54, 1.807) is 35.2 Å². The molecule has 27 heavy (non-hydrogen) atoms. The summed E-state index contributed by atoms with van der Waals surface area (Å²) >= 11 is 0. The molecule has 0 unspecified atom stereocenters. The van der Waals surface area contributed by atoms with E-state index in [2.05, 4.69) is 5.32 Å². The molecule has 2 aromatic carbocycles. The lowest BCUT2D eigenvalue weighted by Crippen LogP contribution is -2.37. The van der Waals surface area contributed by atoms with Gasteiger partial charge in [-0.1, -0.05) is 25.1 Å². The molecule has 1 heterocycles. The average molecular weight is 370 g/mol. The van der Waals surface area contributed by atoms with Gasteiger partial charge in [-0.05, 0) is 41.8 Å². The monoisotopic (exact) mass is 370 g/mol. The highest BCUT2D eigenvalue weighted by Gasteiger charge is 2.30. The number of nitrogens with zero attached hydrogens (tertiary/aromatic N) is 1. The molecule has 1 aliphatic heterocycles. The summed E-state index contributed by atoms with van der Waals surface area (Å²) in [6.45, 7) is 3.28. The maximum absolute atomic E-state index is 14.0. The maximum Gasteiger partial charge on any atom is 0.251 e. The van der Waals surface area contributed by atoms with Gasteiger partial charge < -0.3 is 15.0 Å². The maximum atomic E-state index is 14.0. The molecule has 0 radical (unpaired) electrons. The van der Waals surface area contributed by atoms with Gasteiger partial charge >= 0.3 is 0 Å². The average Bonchev–Trinajstić information content (AvgIpc) is 3.01. The van der Waals surface area contributed by atoms with E-state index in [4.69, 9.17) is 4.74 Å². The first-order chi connectivity index (χ1) is 13.0. The van der Waals surface area contributed by atoms with E-state index in [1.165, 1.54) is 13.2 Å². The minimum absolute atomic E-state index is 0.0737. The molecule has 2 aromatic rings. The van der Waals surface area contributed by atoms with Crippen LogP contribution >= 0.6 is 0 Å². The Morgan fingerprint density at radius 2 is 2.04 bits per heavy atom. The van der Waals surface area contributed by atoms with E-state index in [1.807, 2.05) is 13.0 Å². The van der Waals surface area contributed by atoms with Gasteiger partial charge in [-0.3, -0.25) is 9.59 Å². The fourth-order valence-electron chi connectivity index (χ4n) is 3.31. The Morgan fingerprint density at radius 3 is 2.74 bits per heavy atom. The lowest BCUT2D eigenvalue weighted by Gasteiger charge is -2.16. The van der Waals surface area contributed by atoms with E-state index < -0.39 is 5.82 Å². The summed E-state index contributed by atoms with van der Waals surface area (Å²) in [5.41, 5.74) is 1.87. The van der Waals surface area contributed by atoms with E-state index in [0.717, 1.165) is 12.0 Å². The van der Waals surface area contributed by atoms with E-state index in [-0.39, 0.29) is 23.6 Å². The van der Waals surface area contributed by atoms with Crippen molar-refractivity contribution in [2.24, 2.45) is 0 Å². The third-order valence-corrected chi connectivity index (χ3v) is 4.65. The summed E-state index contributed by atoms with van der Waals surface area (Å²) in [4.78, 5) is 26.3. The van der Waals surface area contributed by atoms with Crippen molar-refractivity contribution in [3.8, 4) is 16.9 Å². The van der Waals surface area contributed by atoms with E-state index in [9.17, 15) is 14.0 Å². The number of hydrogen-bond acceptors (Lipinski definition) is 3. The summed E-state index contributed by atoms with van der Waals surface area (Å²) in [5.74, 6) is -0.438. The zero-order chi connectivity index (χ0) is 19.4. The topological polar surface area (TPSA) is 58.6 Å². The summed E-state index contributed by atoms with van der Waals surface area (Å²) < 4.78 is 18.9. The standard InChI is InChI=1S/C21H23FN2O3/c1-3-9-24-13-17(12-20(24)25)23-21(26)16-6-4-5-14(10-16)15-7-8-19(27-2)18(22)11-15/h4-8,10-11,17H,3,9,12-13H2,1-2H3,(H,23,26)/t17-/m1/s1. The van der Waals surface area contributed by atoms with Crippen LogP contribution in [-0.2, 0) is 4.79 Å². The minimum Gasteiger partial charge on any atom is -0.494 e. The van der Waals surface area contributed by atoms with Crippen molar-refractivity contribution < 1.29 is 18.7 Å². The fraction of sp³-hybridized carbons (Fsp3) is 0.333. The molecule has 1 N–H and O–H groups in total. The Bertz CT molecular complexity index is 853. The molecule has 1 fully saturated rings. The summed E-state index contributed by atoms with van der Waals surface area (Å²) in [5, 5.41) is 2.93. The van der Waals surface area contributed by atoms with Gasteiger partial charge in [0.05, 0.1) is 13.2 Å². The van der Waals surface area contributed by atoms with E-state index >= 15 is 0 Å². The molecule has 6 heteroatoms. The molecular weight excluding hydrogens is 347 g/mol. The second kappa shape index (κ2) is 8.20. The van der Waals surface area contributed by atoms with Crippen LogP contribution in [0.15, 0.2) is 42.5 Å². The van der Waals surface area contributed by atoms with Gasteiger partial charge in [0.15, 0.2) is 11.6 Å². The van der Waals surface area contributed by atoms with Gasteiger partial charge in [0.1, 0.15) is 0 Å². The van der Waals surface area contributed by atoms with Crippen molar-refractivity contribution in [1.82, 2.24) is 10.2 Å². The number of ether oxygens (including phenoxy) is 1. The van der Waals surface area contributed by atoms with Gasteiger partial charge in [0.25, 0.3) is 5.91 Å². The largest absolute Gasteiger partial charge is 0.494 e. The van der Waals surface area contributed by atoms with Crippen LogP contribution in [0.5, 0.6) is 5.75 Å². The van der Waals surface area contributed by atoms with Gasteiger partial charge in [-0.15, -0.1) is 0 Å². The van der Waals surface area contributed by atoms with Crippen LogP contribution in [0, 0.1) is 5.82 Å². The molecule has 3 rings (SSSR count). The number of amides is 2. The van der Waals surface area contributed by atoms with Crippen LogP contribution in [0.3, 0.4) is 0 Å². The van der Waals surface area contributed by atoms with Gasteiger partial charge in [-0.25, -0.2) is 4.39 Å². The molecule has 5 nitrogen and oxygen atoms in total. The Morgan fingerprint density at radius 1 is 1.26 bits per heavy atom. The summed E-state index contributed by atoms with van der Waals surface area (Å²) in [6.07, 6.45) is 1.22. The predicted octanol–water partition coefficient (Wildman–Crippen LogP) is 3.24. The van der Waals surface area contributed by atoms with Crippen molar-refractivity contribution in [3.05, 3.63) is 53.8 Å². The van der Waals surface area contributed by atoms with Crippen LogP contribution in [0.2, 0.25) is 0 Å². The highest BCUT2D eigenvalue weighted by atomic mass is 19.1. The number of benzene rings is 2. The van der Waals surface area contributed by atoms with Gasteiger partial charge in [-0.2, -0.15) is 0 Å². The van der Waals surface area contributed by atoms with Crippen LogP contribution in [0.4, 0.5) is 4.39 Å². The Hall–Kier alpha value is -2.89.